The van der Waals surface area contributed by atoms with Gasteiger partial charge in [0.2, 0.25) is 11.2 Å². The van der Waals surface area contributed by atoms with Crippen molar-refractivity contribution < 1.29 is 52.2 Å². The lowest BCUT2D eigenvalue weighted by Crippen LogP contribution is -3.00. The van der Waals surface area contributed by atoms with Crippen LogP contribution in [0.2, 0.25) is 0 Å². The number of benzene rings is 2. The second kappa shape index (κ2) is 18.9. The molecule has 1 aromatic heterocycles. The van der Waals surface area contributed by atoms with Gasteiger partial charge in [-0.2, -0.15) is 0 Å². The maximum absolute atomic E-state index is 13.9. The highest BCUT2D eigenvalue weighted by molar-refractivity contribution is 5.88. The minimum absolute atomic E-state index is 0. The first-order valence-corrected chi connectivity index (χ1v) is 16.0. The first kappa shape index (κ1) is 38.2. The summed E-state index contributed by atoms with van der Waals surface area (Å²) >= 11 is 0. The van der Waals surface area contributed by atoms with Gasteiger partial charge in [-0.3, -0.25) is 4.79 Å². The number of hydrogen-bond acceptors (Lipinski definition) is 6. The molecule has 1 heterocycles. The summed E-state index contributed by atoms with van der Waals surface area (Å²) in [6, 6.07) is 10.5. The van der Waals surface area contributed by atoms with Crippen molar-refractivity contribution in [1.29, 1.82) is 0 Å². The Balaban J connectivity index is 0.00000705. The van der Waals surface area contributed by atoms with Crippen LogP contribution in [0, 0.1) is 0 Å². The largest absolute Gasteiger partial charge is 1.00 e. The summed E-state index contributed by atoms with van der Waals surface area (Å²) in [7, 11) is 2.32. The fourth-order valence-electron chi connectivity index (χ4n) is 5.01. The molecule has 0 unspecified atom stereocenters. The molecule has 3 aromatic rings. The van der Waals surface area contributed by atoms with Gasteiger partial charge in [0.15, 0.2) is 5.76 Å². The monoisotopic (exact) mass is 733 g/mol. The first-order valence-electron chi connectivity index (χ1n) is 16.0. The molecule has 0 amide bonds. The Morgan fingerprint density at radius 3 is 1.93 bits per heavy atom. The molecule has 1 N–H and O–H groups in total. The zero-order valence-electron chi connectivity index (χ0n) is 28.2. The Hall–Kier alpha value is -2.98. The smallest absolute Gasteiger partial charge is 0.239 e. The molecule has 8 heteroatoms. The molecular formula is C37H52INO6. The Kier molecular flexibility index (Phi) is 16.0. The summed E-state index contributed by atoms with van der Waals surface area (Å²) in [5.74, 6) is 1.33. The molecule has 0 aliphatic rings. The number of rotatable bonds is 18. The van der Waals surface area contributed by atoms with Gasteiger partial charge in [0.1, 0.15) is 41.4 Å². The van der Waals surface area contributed by atoms with E-state index in [9.17, 15) is 9.90 Å². The second-order valence-electron chi connectivity index (χ2n) is 12.3. The average molecular weight is 734 g/mol. The van der Waals surface area contributed by atoms with Gasteiger partial charge in [-0.05, 0) is 77.0 Å². The summed E-state index contributed by atoms with van der Waals surface area (Å²) in [5.41, 5.74) is 2.80. The number of nitrogens with zero attached hydrogens (tertiary/aromatic N) is 1. The Morgan fingerprint density at radius 1 is 0.822 bits per heavy atom. The molecule has 0 bridgehead atoms. The molecule has 0 aliphatic heterocycles. The molecule has 45 heavy (non-hydrogen) atoms. The molecule has 0 aliphatic carbocycles. The zero-order valence-corrected chi connectivity index (χ0v) is 30.4. The highest BCUT2D eigenvalue weighted by Gasteiger charge is 2.23. The second-order valence-corrected chi connectivity index (χ2v) is 12.3. The van der Waals surface area contributed by atoms with Gasteiger partial charge in [-0.15, -0.1) is 0 Å². The molecule has 3 rings (SSSR count). The van der Waals surface area contributed by atoms with Crippen molar-refractivity contribution in [2.24, 2.45) is 0 Å². The van der Waals surface area contributed by atoms with Crippen molar-refractivity contribution in [2.45, 2.75) is 73.6 Å². The van der Waals surface area contributed by atoms with Crippen LogP contribution in [-0.2, 0) is 0 Å². The SMILES string of the molecule is CCCC[N+](C)(CCCC)CCCOc1c(-c2ccc(OCC=C(C)C)cc2)oc2cc(OCC=C(C)C)cc(O)c2c1=O.[I-]. The van der Waals surface area contributed by atoms with E-state index in [-0.39, 0.29) is 46.4 Å². The van der Waals surface area contributed by atoms with E-state index in [1.807, 2.05) is 64.1 Å². The number of fused-ring (bicyclic) bond motifs is 1. The van der Waals surface area contributed by atoms with Gasteiger partial charge in [-0.25, -0.2) is 0 Å². The number of unbranched alkanes of at least 4 members (excludes halogenated alkanes) is 2. The molecule has 248 valence electrons. The summed E-state index contributed by atoms with van der Waals surface area (Å²) in [6.45, 7) is 16.9. The topological polar surface area (TPSA) is 78.1 Å². The lowest BCUT2D eigenvalue weighted by atomic mass is 10.1. The van der Waals surface area contributed by atoms with Gasteiger partial charge < -0.3 is 52.2 Å². The molecular weight excluding hydrogens is 681 g/mol. The number of quaternary nitrogens is 1. The number of hydrogen-bond donors (Lipinski definition) is 1. The summed E-state index contributed by atoms with van der Waals surface area (Å²) in [5, 5.41) is 11.0. The fourth-order valence-corrected chi connectivity index (χ4v) is 5.01. The van der Waals surface area contributed by atoms with E-state index >= 15 is 0 Å². The normalized spacial score (nSPS) is 11.1. The number of phenols is 1. The van der Waals surface area contributed by atoms with Crippen molar-refractivity contribution in [3.05, 3.63) is 69.9 Å². The highest BCUT2D eigenvalue weighted by atomic mass is 127. The minimum Gasteiger partial charge on any atom is -1.00 e. The van der Waals surface area contributed by atoms with Crippen LogP contribution in [0.4, 0.5) is 0 Å². The minimum atomic E-state index is -0.410. The van der Waals surface area contributed by atoms with Crippen molar-refractivity contribution in [2.75, 3.05) is 46.5 Å². The molecule has 0 atom stereocenters. The quantitative estimate of drug-likeness (QED) is 0.0786. The van der Waals surface area contributed by atoms with Crippen LogP contribution < -0.4 is 43.6 Å². The van der Waals surface area contributed by atoms with E-state index in [0.29, 0.717) is 42.6 Å². The van der Waals surface area contributed by atoms with Gasteiger partial charge in [0, 0.05) is 24.1 Å². The molecule has 0 spiro atoms. The Morgan fingerprint density at radius 2 is 1.38 bits per heavy atom. The van der Waals surface area contributed by atoms with Crippen LogP contribution in [0.1, 0.15) is 73.6 Å². The standard InChI is InChI=1S/C37H51NO6.HI/c1-8-10-19-38(7,20-11-9-2)21-12-22-43-37-35(40)34-32(39)25-31(42-24-18-28(5)6)26-33(34)44-36(37)29-13-15-30(16-14-29)41-23-17-27(3)4;/h13-18,25-26H,8-12,19-24H2,1-7H3;1H. The van der Waals surface area contributed by atoms with Gasteiger partial charge in [0.05, 0.1) is 33.3 Å². The number of ether oxygens (including phenoxy) is 3. The van der Waals surface area contributed by atoms with Crippen LogP contribution in [-0.4, -0.2) is 56.1 Å². The van der Waals surface area contributed by atoms with E-state index < -0.39 is 5.43 Å². The fraction of sp³-hybridized carbons (Fsp3) is 0.486. The number of phenolic OH excluding ortho intramolecular Hbond substituents is 1. The van der Waals surface area contributed by atoms with Crippen molar-refractivity contribution >= 4 is 11.0 Å². The maximum atomic E-state index is 13.9. The van der Waals surface area contributed by atoms with Crippen LogP contribution in [0.3, 0.4) is 0 Å². The van der Waals surface area contributed by atoms with E-state index in [0.717, 1.165) is 36.1 Å². The summed E-state index contributed by atoms with van der Waals surface area (Å²) < 4.78 is 25.2. The third-order valence-corrected chi connectivity index (χ3v) is 7.70. The van der Waals surface area contributed by atoms with Crippen LogP contribution in [0.5, 0.6) is 23.0 Å². The lowest BCUT2D eigenvalue weighted by molar-refractivity contribution is -0.910. The van der Waals surface area contributed by atoms with Gasteiger partial charge in [-0.1, -0.05) is 37.8 Å². The number of aromatic hydroxyl groups is 1. The average Bonchev–Trinajstić information content (AvgIpc) is 2.98. The predicted octanol–water partition coefficient (Wildman–Crippen LogP) is 5.68. The van der Waals surface area contributed by atoms with Crippen molar-refractivity contribution in [1.82, 2.24) is 0 Å². The number of halogens is 1. The van der Waals surface area contributed by atoms with Crippen LogP contribution in [0.25, 0.3) is 22.3 Å². The van der Waals surface area contributed by atoms with Crippen molar-refractivity contribution in [3.63, 3.8) is 0 Å². The lowest BCUT2D eigenvalue weighted by Gasteiger charge is -2.34. The molecule has 2 aromatic carbocycles. The van der Waals surface area contributed by atoms with E-state index in [1.54, 1.807) is 6.07 Å². The molecule has 0 radical (unpaired) electrons. The van der Waals surface area contributed by atoms with Crippen molar-refractivity contribution in [3.8, 4) is 34.3 Å². The zero-order chi connectivity index (χ0) is 32.1. The van der Waals surface area contributed by atoms with E-state index in [2.05, 4.69) is 20.9 Å². The summed E-state index contributed by atoms with van der Waals surface area (Å²) in [4.78, 5) is 13.9. The Labute approximate surface area is 286 Å². The molecule has 0 saturated heterocycles. The van der Waals surface area contributed by atoms with E-state index in [4.69, 9.17) is 18.6 Å². The Bertz CT molecular complexity index is 1460. The molecule has 7 nitrogen and oxygen atoms in total. The first-order chi connectivity index (χ1) is 21.1. The third kappa shape index (κ3) is 11.7. The number of allylic oxidation sites excluding steroid dienone is 2. The van der Waals surface area contributed by atoms with Gasteiger partial charge in [0.25, 0.3) is 0 Å². The molecule has 0 fully saturated rings. The van der Waals surface area contributed by atoms with Crippen LogP contribution >= 0.6 is 0 Å². The molecule has 0 saturated carbocycles. The van der Waals surface area contributed by atoms with Gasteiger partial charge >= 0.3 is 0 Å². The van der Waals surface area contributed by atoms with Crippen LogP contribution in [0.15, 0.2) is 68.9 Å². The highest BCUT2D eigenvalue weighted by Crippen LogP contribution is 2.36. The summed E-state index contributed by atoms with van der Waals surface area (Å²) in [6.07, 6.45) is 9.46. The third-order valence-electron chi connectivity index (χ3n) is 7.70. The van der Waals surface area contributed by atoms with E-state index in [1.165, 1.54) is 37.3 Å². The predicted molar refractivity (Wildman–Crippen MR) is 180 cm³/mol. The maximum Gasteiger partial charge on any atom is 0.239 e.